The molecule has 5 atom stereocenters. The number of nitrogens with one attached hydrogen (secondary N) is 4. The van der Waals surface area contributed by atoms with Gasteiger partial charge in [-0.2, -0.15) is 0 Å². The minimum atomic E-state index is -1.44. The molecular weight excluding hydrogens is 704 g/mol. The largest absolute Gasteiger partial charge is 0.464 e. The van der Waals surface area contributed by atoms with Gasteiger partial charge in [0.2, 0.25) is 29.5 Å². The summed E-state index contributed by atoms with van der Waals surface area (Å²) in [6.07, 6.45) is 3.13. The van der Waals surface area contributed by atoms with Gasteiger partial charge in [-0.15, -0.1) is 0 Å². The number of esters is 1. The molecule has 1 aliphatic rings. The first-order chi connectivity index (χ1) is 26.3. The quantitative estimate of drug-likeness (QED) is 0.0525. The van der Waals surface area contributed by atoms with Crippen molar-refractivity contribution in [2.24, 2.45) is 23.1 Å². The normalized spacial score (nSPS) is 15.9. The van der Waals surface area contributed by atoms with Crippen molar-refractivity contribution in [3.8, 4) is 0 Å². The lowest BCUT2D eigenvalue weighted by Gasteiger charge is -2.35. The van der Waals surface area contributed by atoms with Gasteiger partial charge in [-0.25, -0.2) is 4.79 Å². The highest BCUT2D eigenvalue weighted by Crippen LogP contribution is 2.16. The average Bonchev–Trinajstić information content (AvgIpc) is 3.17. The minimum absolute atomic E-state index is 0.00455. The molecule has 2 unspecified atom stereocenters. The average molecular weight is 765 g/mol. The molecule has 1 fully saturated rings. The van der Waals surface area contributed by atoms with Crippen LogP contribution in [0, 0.1) is 5.92 Å². The summed E-state index contributed by atoms with van der Waals surface area (Å²) >= 11 is 0. The van der Waals surface area contributed by atoms with Crippen LogP contribution in [0.2, 0.25) is 0 Å². The second-order valence-electron chi connectivity index (χ2n) is 14.4. The van der Waals surface area contributed by atoms with Crippen molar-refractivity contribution in [2.45, 2.75) is 108 Å². The molecule has 0 saturated carbocycles. The number of benzene rings is 2. The number of rotatable bonds is 21. The van der Waals surface area contributed by atoms with Crippen molar-refractivity contribution in [3.63, 3.8) is 0 Å². The van der Waals surface area contributed by atoms with Gasteiger partial charge in [0.15, 0.2) is 6.04 Å². The summed E-state index contributed by atoms with van der Waals surface area (Å²) in [7, 11) is 0. The second-order valence-corrected chi connectivity index (χ2v) is 14.4. The summed E-state index contributed by atoms with van der Waals surface area (Å²) in [5.74, 6) is -3.31. The number of carbonyl (C=O) groups excluding carboxylic acids is 6. The first-order valence-electron chi connectivity index (χ1n) is 19.3. The molecule has 3 rings (SSSR count). The van der Waals surface area contributed by atoms with E-state index in [9.17, 15) is 28.8 Å². The summed E-state index contributed by atoms with van der Waals surface area (Å²) in [6, 6.07) is 13.0. The summed E-state index contributed by atoms with van der Waals surface area (Å²) in [4.78, 5) is 81.1. The van der Waals surface area contributed by atoms with Crippen molar-refractivity contribution in [1.82, 2.24) is 26.2 Å². The molecule has 1 aliphatic heterocycles. The van der Waals surface area contributed by atoms with Gasteiger partial charge < -0.3 is 48.1 Å². The Morgan fingerprint density at radius 2 is 1.29 bits per heavy atom. The molecule has 2 aromatic carbocycles. The first-order valence-corrected chi connectivity index (χ1v) is 19.3. The van der Waals surface area contributed by atoms with Crippen LogP contribution in [-0.2, 0) is 46.3 Å². The highest BCUT2D eigenvalue weighted by atomic mass is 16.5. The van der Waals surface area contributed by atoms with E-state index in [2.05, 4.69) is 21.3 Å². The highest BCUT2D eigenvalue weighted by Gasteiger charge is 2.34. The SMILES string of the molecule is CCOC(=O)C(N)C(=O)NC1CCN(C(=O)[C@@H](CCCCN)NC(=O)[C@@H](CC(C)C)NC(=O)[C@@H](Cc2ccccc2)NC(=O)C(N)Cc2ccccc2)CC1. The second kappa shape index (κ2) is 23.1. The van der Waals surface area contributed by atoms with E-state index in [-0.39, 0.29) is 43.7 Å². The van der Waals surface area contributed by atoms with Gasteiger partial charge >= 0.3 is 5.97 Å². The van der Waals surface area contributed by atoms with Crippen LogP contribution >= 0.6 is 0 Å². The van der Waals surface area contributed by atoms with Crippen LogP contribution in [0.5, 0.6) is 0 Å². The van der Waals surface area contributed by atoms with Gasteiger partial charge in [0.05, 0.1) is 12.6 Å². The third kappa shape index (κ3) is 15.1. The van der Waals surface area contributed by atoms with Crippen molar-refractivity contribution in [2.75, 3.05) is 26.2 Å². The van der Waals surface area contributed by atoms with Crippen molar-refractivity contribution < 1.29 is 33.5 Å². The fraction of sp³-hybridized carbons (Fsp3) is 0.550. The van der Waals surface area contributed by atoms with Crippen LogP contribution in [0.15, 0.2) is 60.7 Å². The van der Waals surface area contributed by atoms with E-state index in [0.717, 1.165) is 11.1 Å². The molecule has 1 heterocycles. The van der Waals surface area contributed by atoms with Gasteiger partial charge in [0, 0.05) is 25.6 Å². The van der Waals surface area contributed by atoms with Crippen LogP contribution in [0.25, 0.3) is 0 Å². The number of likely N-dealkylation sites (tertiary alicyclic amines) is 1. The lowest BCUT2D eigenvalue weighted by atomic mass is 9.99. The van der Waals surface area contributed by atoms with Crippen LogP contribution in [0.1, 0.15) is 70.4 Å². The Balaban J connectivity index is 1.71. The van der Waals surface area contributed by atoms with Crippen LogP contribution in [0.4, 0.5) is 0 Å². The molecule has 0 aliphatic carbocycles. The predicted molar refractivity (Wildman–Crippen MR) is 209 cm³/mol. The number of hydrogen-bond donors (Lipinski definition) is 7. The number of piperidine rings is 1. The molecule has 10 N–H and O–H groups in total. The van der Waals surface area contributed by atoms with E-state index in [1.807, 2.05) is 74.5 Å². The molecule has 55 heavy (non-hydrogen) atoms. The fourth-order valence-electron chi connectivity index (χ4n) is 6.39. The monoisotopic (exact) mass is 764 g/mol. The Bertz CT molecular complexity index is 1540. The number of nitrogens with zero attached hydrogens (tertiary/aromatic N) is 1. The van der Waals surface area contributed by atoms with E-state index < -0.39 is 59.8 Å². The zero-order valence-corrected chi connectivity index (χ0v) is 32.3. The molecule has 0 radical (unpaired) electrons. The number of hydrogen-bond acceptors (Lipinski definition) is 10. The Labute approximate surface area is 324 Å². The van der Waals surface area contributed by atoms with Gasteiger partial charge in [-0.05, 0) is 75.5 Å². The molecular formula is C40H60N8O7. The number of ether oxygens (including phenoxy) is 1. The van der Waals surface area contributed by atoms with Crippen LogP contribution in [-0.4, -0.2) is 103 Å². The molecule has 15 nitrogen and oxygen atoms in total. The number of unbranched alkanes of at least 4 members (excludes halogenated alkanes) is 1. The molecule has 2 aromatic rings. The third-order valence-electron chi connectivity index (χ3n) is 9.43. The fourth-order valence-corrected chi connectivity index (χ4v) is 6.39. The number of amides is 5. The van der Waals surface area contributed by atoms with Gasteiger partial charge in [0.25, 0.3) is 0 Å². The van der Waals surface area contributed by atoms with E-state index in [0.29, 0.717) is 51.7 Å². The number of carbonyl (C=O) groups is 6. The van der Waals surface area contributed by atoms with E-state index in [1.165, 1.54) is 0 Å². The van der Waals surface area contributed by atoms with Gasteiger partial charge in [-0.1, -0.05) is 74.5 Å². The maximum atomic E-state index is 14.0. The molecule has 15 heteroatoms. The summed E-state index contributed by atoms with van der Waals surface area (Å²) < 4.78 is 4.83. The molecule has 0 spiro atoms. The zero-order valence-electron chi connectivity index (χ0n) is 32.3. The van der Waals surface area contributed by atoms with E-state index >= 15 is 0 Å². The topological polar surface area (TPSA) is 241 Å². The Kier molecular flexibility index (Phi) is 18.7. The molecule has 0 aromatic heterocycles. The predicted octanol–water partition coefficient (Wildman–Crippen LogP) is 0.426. The summed E-state index contributed by atoms with van der Waals surface area (Å²) in [5, 5.41) is 11.4. The van der Waals surface area contributed by atoms with E-state index in [4.69, 9.17) is 21.9 Å². The van der Waals surface area contributed by atoms with Gasteiger partial charge in [-0.3, -0.25) is 24.0 Å². The Hall–Kier alpha value is -4.86. The first kappa shape index (κ1) is 44.5. The Morgan fingerprint density at radius 1 is 0.745 bits per heavy atom. The van der Waals surface area contributed by atoms with Crippen molar-refractivity contribution in [3.05, 3.63) is 71.8 Å². The number of nitrogens with two attached hydrogens (primary N) is 3. The molecule has 1 saturated heterocycles. The lowest BCUT2D eigenvalue weighted by Crippen LogP contribution is -2.59. The van der Waals surface area contributed by atoms with Crippen molar-refractivity contribution in [1.29, 1.82) is 0 Å². The summed E-state index contributed by atoms with van der Waals surface area (Å²) in [6.45, 7) is 6.60. The smallest absolute Gasteiger partial charge is 0.332 e. The van der Waals surface area contributed by atoms with Crippen molar-refractivity contribution >= 4 is 35.5 Å². The molecule has 0 bridgehead atoms. The lowest BCUT2D eigenvalue weighted by molar-refractivity contribution is -0.148. The Morgan fingerprint density at radius 3 is 1.85 bits per heavy atom. The maximum absolute atomic E-state index is 14.0. The maximum Gasteiger partial charge on any atom is 0.332 e. The van der Waals surface area contributed by atoms with E-state index in [1.54, 1.807) is 11.8 Å². The molecule has 302 valence electrons. The zero-order chi connectivity index (χ0) is 40.3. The van der Waals surface area contributed by atoms with Crippen LogP contribution < -0.4 is 38.5 Å². The minimum Gasteiger partial charge on any atom is -0.464 e. The summed E-state index contributed by atoms with van der Waals surface area (Å²) in [5.41, 5.74) is 19.4. The van der Waals surface area contributed by atoms with Gasteiger partial charge in [0.1, 0.15) is 18.1 Å². The van der Waals surface area contributed by atoms with Crippen LogP contribution in [0.3, 0.4) is 0 Å². The highest BCUT2D eigenvalue weighted by molar-refractivity contribution is 6.01. The standard InChI is InChI=1S/C40H60N8O7/c1-4-55-40(54)34(43)38(52)44-29-18-21-48(22-19-29)39(53)31(17-11-12-20-41)45-36(50)32(23-26(2)3)47-37(51)33(25-28-15-9-6-10-16-28)46-35(49)30(42)24-27-13-7-5-8-14-27/h5-10,13-16,26,29-34H,4,11-12,17-25,41-43H2,1-3H3,(H,44,52)(H,45,50)(H,46,49)(H,47,51)/t30?,31-,32-,33-,34?/m1/s1. The molecule has 5 amide bonds. The third-order valence-corrected chi connectivity index (χ3v) is 9.43.